The molecule has 1 aliphatic heterocycles. The van der Waals surface area contributed by atoms with Gasteiger partial charge in [-0.25, -0.2) is 4.79 Å². The van der Waals surface area contributed by atoms with Crippen molar-refractivity contribution in [1.29, 1.82) is 0 Å². The monoisotopic (exact) mass is 217 g/mol. The first kappa shape index (κ1) is 10.7. The van der Waals surface area contributed by atoms with E-state index in [4.69, 9.17) is 4.74 Å². The molecule has 0 spiro atoms. The summed E-state index contributed by atoms with van der Waals surface area (Å²) in [6.45, 7) is 4.04. The summed E-state index contributed by atoms with van der Waals surface area (Å²) in [5.41, 5.74) is 1.68. The number of carbonyl (C=O) groups excluding carboxylic acids is 1. The molecule has 16 heavy (non-hydrogen) atoms. The maximum atomic E-state index is 11.6. The number of carbonyl (C=O) groups is 1. The third-order valence-electron chi connectivity index (χ3n) is 2.54. The van der Waals surface area contributed by atoms with Crippen LogP contribution in [-0.4, -0.2) is 25.7 Å². The van der Waals surface area contributed by atoms with Gasteiger partial charge in [0.1, 0.15) is 0 Å². The molecule has 0 amide bonds. The van der Waals surface area contributed by atoms with Crippen LogP contribution in [0.15, 0.2) is 36.4 Å². The minimum Gasteiger partial charge on any atom is -0.462 e. The van der Waals surface area contributed by atoms with E-state index in [1.807, 2.05) is 25.1 Å². The second-order valence-corrected chi connectivity index (χ2v) is 3.65. The molecule has 0 aromatic heterocycles. The van der Waals surface area contributed by atoms with E-state index < -0.39 is 0 Å². The molecule has 0 saturated heterocycles. The van der Waals surface area contributed by atoms with Gasteiger partial charge < -0.3 is 9.64 Å². The van der Waals surface area contributed by atoms with Crippen LogP contribution >= 0.6 is 0 Å². The molecule has 0 bridgehead atoms. The van der Waals surface area contributed by atoms with Gasteiger partial charge in [-0.3, -0.25) is 0 Å². The highest BCUT2D eigenvalue weighted by atomic mass is 16.5. The third kappa shape index (κ3) is 2.24. The lowest BCUT2D eigenvalue weighted by Crippen LogP contribution is -2.18. The Morgan fingerprint density at radius 3 is 2.81 bits per heavy atom. The lowest BCUT2D eigenvalue weighted by Gasteiger charge is -2.18. The first-order valence-corrected chi connectivity index (χ1v) is 5.48. The lowest BCUT2D eigenvalue weighted by atomic mass is 10.2. The zero-order valence-electron chi connectivity index (χ0n) is 9.35. The SMILES string of the molecule is CCOC(=O)c1cccc(N2CC=CC2)c1. The average Bonchev–Trinajstić information content (AvgIpc) is 2.83. The lowest BCUT2D eigenvalue weighted by molar-refractivity contribution is 0.0526. The highest BCUT2D eigenvalue weighted by Crippen LogP contribution is 2.18. The minimum absolute atomic E-state index is 0.253. The van der Waals surface area contributed by atoms with E-state index in [9.17, 15) is 4.79 Å². The van der Waals surface area contributed by atoms with Gasteiger partial charge in [0.25, 0.3) is 0 Å². The fourth-order valence-electron chi connectivity index (χ4n) is 1.73. The van der Waals surface area contributed by atoms with E-state index in [-0.39, 0.29) is 5.97 Å². The molecule has 0 aliphatic carbocycles. The molecule has 1 aromatic carbocycles. The van der Waals surface area contributed by atoms with Crippen LogP contribution in [0.3, 0.4) is 0 Å². The molecule has 0 fully saturated rings. The van der Waals surface area contributed by atoms with Gasteiger partial charge in [0, 0.05) is 18.8 Å². The molecular formula is C13H15NO2. The Morgan fingerprint density at radius 2 is 2.12 bits per heavy atom. The third-order valence-corrected chi connectivity index (χ3v) is 2.54. The second kappa shape index (κ2) is 4.84. The van der Waals surface area contributed by atoms with Crippen molar-refractivity contribution >= 4 is 11.7 Å². The molecule has 1 aliphatic rings. The van der Waals surface area contributed by atoms with Gasteiger partial charge in [0.15, 0.2) is 0 Å². The van der Waals surface area contributed by atoms with Crippen LogP contribution in [0.5, 0.6) is 0 Å². The van der Waals surface area contributed by atoms with Gasteiger partial charge in [-0.15, -0.1) is 0 Å². The first-order chi connectivity index (χ1) is 7.81. The predicted octanol–water partition coefficient (Wildman–Crippen LogP) is 2.24. The quantitative estimate of drug-likeness (QED) is 0.574. The van der Waals surface area contributed by atoms with Crippen molar-refractivity contribution in [3.8, 4) is 0 Å². The summed E-state index contributed by atoms with van der Waals surface area (Å²) in [4.78, 5) is 13.8. The van der Waals surface area contributed by atoms with E-state index in [0.29, 0.717) is 12.2 Å². The normalized spacial score (nSPS) is 14.2. The molecule has 0 N–H and O–H groups in total. The number of esters is 1. The van der Waals surface area contributed by atoms with Gasteiger partial charge in [0.2, 0.25) is 0 Å². The van der Waals surface area contributed by atoms with Crippen LogP contribution in [0.2, 0.25) is 0 Å². The molecule has 0 unspecified atom stereocenters. The van der Waals surface area contributed by atoms with Crippen LogP contribution in [-0.2, 0) is 4.74 Å². The van der Waals surface area contributed by atoms with Crippen molar-refractivity contribution in [2.45, 2.75) is 6.92 Å². The number of rotatable bonds is 3. The average molecular weight is 217 g/mol. The van der Waals surface area contributed by atoms with Crippen LogP contribution in [0.4, 0.5) is 5.69 Å². The van der Waals surface area contributed by atoms with Gasteiger partial charge in [0.05, 0.1) is 12.2 Å². The van der Waals surface area contributed by atoms with E-state index in [0.717, 1.165) is 18.8 Å². The van der Waals surface area contributed by atoms with Crippen molar-refractivity contribution in [3.05, 3.63) is 42.0 Å². The summed E-state index contributed by atoms with van der Waals surface area (Å²) in [5.74, 6) is -0.253. The molecule has 3 heteroatoms. The summed E-state index contributed by atoms with van der Waals surface area (Å²) in [6.07, 6.45) is 4.24. The van der Waals surface area contributed by atoms with E-state index in [1.165, 1.54) is 0 Å². The number of hydrogen-bond acceptors (Lipinski definition) is 3. The fourth-order valence-corrected chi connectivity index (χ4v) is 1.73. The van der Waals surface area contributed by atoms with Crippen LogP contribution in [0.1, 0.15) is 17.3 Å². The Balaban J connectivity index is 2.15. The van der Waals surface area contributed by atoms with Gasteiger partial charge in [-0.1, -0.05) is 18.2 Å². The molecule has 0 saturated carbocycles. The van der Waals surface area contributed by atoms with Crippen molar-refractivity contribution < 1.29 is 9.53 Å². The molecular weight excluding hydrogens is 202 g/mol. The summed E-state index contributed by atoms with van der Waals surface area (Å²) in [5, 5.41) is 0. The summed E-state index contributed by atoms with van der Waals surface area (Å²) in [7, 11) is 0. The van der Waals surface area contributed by atoms with Gasteiger partial charge in [-0.05, 0) is 25.1 Å². The minimum atomic E-state index is -0.253. The number of benzene rings is 1. The maximum absolute atomic E-state index is 11.6. The van der Waals surface area contributed by atoms with Crippen molar-refractivity contribution in [1.82, 2.24) is 0 Å². The van der Waals surface area contributed by atoms with Crippen LogP contribution < -0.4 is 4.90 Å². The van der Waals surface area contributed by atoms with Crippen molar-refractivity contribution in [2.75, 3.05) is 24.6 Å². The number of hydrogen-bond donors (Lipinski definition) is 0. The van der Waals surface area contributed by atoms with E-state index in [1.54, 1.807) is 6.07 Å². The van der Waals surface area contributed by atoms with Crippen molar-refractivity contribution in [3.63, 3.8) is 0 Å². The number of ether oxygens (including phenoxy) is 1. The number of nitrogens with zero attached hydrogens (tertiary/aromatic N) is 1. The molecule has 1 aromatic rings. The Morgan fingerprint density at radius 1 is 1.38 bits per heavy atom. The number of anilines is 1. The van der Waals surface area contributed by atoms with E-state index in [2.05, 4.69) is 17.1 Å². The largest absolute Gasteiger partial charge is 0.462 e. The maximum Gasteiger partial charge on any atom is 0.338 e. The van der Waals surface area contributed by atoms with Crippen LogP contribution in [0, 0.1) is 0 Å². The highest BCUT2D eigenvalue weighted by molar-refractivity contribution is 5.90. The molecule has 1 heterocycles. The topological polar surface area (TPSA) is 29.5 Å². The molecule has 84 valence electrons. The zero-order valence-corrected chi connectivity index (χ0v) is 9.35. The molecule has 3 nitrogen and oxygen atoms in total. The van der Waals surface area contributed by atoms with Gasteiger partial charge in [-0.2, -0.15) is 0 Å². The Hall–Kier alpha value is -1.77. The Labute approximate surface area is 95.3 Å². The van der Waals surface area contributed by atoms with E-state index >= 15 is 0 Å². The highest BCUT2D eigenvalue weighted by Gasteiger charge is 2.11. The smallest absolute Gasteiger partial charge is 0.338 e. The summed E-state index contributed by atoms with van der Waals surface area (Å²) < 4.78 is 4.97. The molecule has 2 rings (SSSR count). The second-order valence-electron chi connectivity index (χ2n) is 3.65. The van der Waals surface area contributed by atoms with Gasteiger partial charge >= 0.3 is 5.97 Å². The predicted molar refractivity (Wildman–Crippen MR) is 63.8 cm³/mol. The van der Waals surface area contributed by atoms with Crippen LogP contribution in [0.25, 0.3) is 0 Å². The summed E-state index contributed by atoms with van der Waals surface area (Å²) >= 11 is 0. The Bertz CT molecular complexity index is 404. The molecule has 0 atom stereocenters. The standard InChI is InChI=1S/C13H15NO2/c1-2-16-13(15)11-6-5-7-12(10-11)14-8-3-4-9-14/h3-7,10H,2,8-9H2,1H3. The zero-order chi connectivity index (χ0) is 11.4. The molecule has 0 radical (unpaired) electrons. The Kier molecular flexibility index (Phi) is 3.25. The fraction of sp³-hybridized carbons (Fsp3) is 0.308. The van der Waals surface area contributed by atoms with Crippen molar-refractivity contribution in [2.24, 2.45) is 0 Å². The first-order valence-electron chi connectivity index (χ1n) is 5.48. The summed E-state index contributed by atoms with van der Waals surface area (Å²) in [6, 6.07) is 7.56.